The summed E-state index contributed by atoms with van der Waals surface area (Å²) < 4.78 is 5.33. The van der Waals surface area contributed by atoms with E-state index in [0.29, 0.717) is 29.1 Å². The summed E-state index contributed by atoms with van der Waals surface area (Å²) in [4.78, 5) is 15.4. The molecule has 2 bridgehead atoms. The summed E-state index contributed by atoms with van der Waals surface area (Å²) in [5, 5.41) is 3.23. The number of hydrogen-bond acceptors (Lipinski definition) is 4. The Labute approximate surface area is 160 Å². The SMILES string of the molecule is COc1cc(N)ccc1C(=O)NC1CC2CCC(C1)N2Cc1ccccc1. The zero-order valence-corrected chi connectivity index (χ0v) is 15.7. The van der Waals surface area contributed by atoms with Crippen molar-refractivity contribution in [3.63, 3.8) is 0 Å². The number of nitrogens with two attached hydrogens (primary N) is 1. The van der Waals surface area contributed by atoms with Crippen molar-refractivity contribution in [3.05, 3.63) is 59.7 Å². The van der Waals surface area contributed by atoms with E-state index in [1.807, 2.05) is 0 Å². The third kappa shape index (κ3) is 3.78. The van der Waals surface area contributed by atoms with Gasteiger partial charge < -0.3 is 15.8 Å². The Kier molecular flexibility index (Phi) is 5.03. The minimum Gasteiger partial charge on any atom is -0.496 e. The molecule has 0 aromatic heterocycles. The molecule has 0 saturated carbocycles. The summed E-state index contributed by atoms with van der Waals surface area (Å²) in [6.45, 7) is 1.00. The number of carbonyl (C=O) groups excluding carboxylic acids is 1. The minimum absolute atomic E-state index is 0.0761. The van der Waals surface area contributed by atoms with Gasteiger partial charge in [0.1, 0.15) is 5.75 Å². The molecule has 2 aliphatic rings. The topological polar surface area (TPSA) is 67.6 Å². The lowest BCUT2D eigenvalue weighted by Gasteiger charge is -2.39. The number of nitrogens with zero attached hydrogens (tertiary/aromatic N) is 1. The zero-order chi connectivity index (χ0) is 18.8. The predicted octanol–water partition coefficient (Wildman–Crippen LogP) is 3.20. The fourth-order valence-electron chi connectivity index (χ4n) is 4.60. The van der Waals surface area contributed by atoms with Gasteiger partial charge in [0.2, 0.25) is 0 Å². The molecular weight excluding hydrogens is 338 g/mol. The summed E-state index contributed by atoms with van der Waals surface area (Å²) in [6, 6.07) is 17.1. The van der Waals surface area contributed by atoms with Gasteiger partial charge in [0.25, 0.3) is 5.91 Å². The number of amides is 1. The first-order valence-corrected chi connectivity index (χ1v) is 9.68. The molecule has 2 unspecified atom stereocenters. The van der Waals surface area contributed by atoms with Crippen molar-refractivity contribution in [1.29, 1.82) is 0 Å². The molecule has 2 heterocycles. The molecule has 27 heavy (non-hydrogen) atoms. The predicted molar refractivity (Wildman–Crippen MR) is 107 cm³/mol. The molecule has 2 atom stereocenters. The first-order chi connectivity index (χ1) is 13.1. The molecule has 3 N–H and O–H groups in total. The van der Waals surface area contributed by atoms with E-state index in [9.17, 15) is 4.79 Å². The Bertz CT molecular complexity index is 794. The number of piperidine rings is 1. The van der Waals surface area contributed by atoms with E-state index in [-0.39, 0.29) is 11.9 Å². The number of hydrogen-bond donors (Lipinski definition) is 2. The molecule has 4 rings (SSSR count). The Hall–Kier alpha value is -2.53. The smallest absolute Gasteiger partial charge is 0.255 e. The van der Waals surface area contributed by atoms with Gasteiger partial charge in [-0.25, -0.2) is 0 Å². The lowest BCUT2D eigenvalue weighted by atomic mass is 9.96. The number of rotatable bonds is 5. The van der Waals surface area contributed by atoms with Gasteiger partial charge in [0, 0.05) is 36.4 Å². The second-order valence-electron chi connectivity index (χ2n) is 7.64. The third-order valence-electron chi connectivity index (χ3n) is 5.90. The highest BCUT2D eigenvalue weighted by Crippen LogP contribution is 2.37. The third-order valence-corrected chi connectivity index (χ3v) is 5.90. The molecule has 5 nitrogen and oxygen atoms in total. The van der Waals surface area contributed by atoms with Crippen molar-refractivity contribution in [2.45, 2.75) is 50.4 Å². The van der Waals surface area contributed by atoms with Gasteiger partial charge >= 0.3 is 0 Å². The van der Waals surface area contributed by atoms with Gasteiger partial charge in [0.15, 0.2) is 0 Å². The van der Waals surface area contributed by atoms with E-state index < -0.39 is 0 Å². The van der Waals surface area contributed by atoms with Crippen molar-refractivity contribution in [2.24, 2.45) is 0 Å². The van der Waals surface area contributed by atoms with Gasteiger partial charge in [-0.05, 0) is 43.4 Å². The van der Waals surface area contributed by atoms with E-state index in [1.54, 1.807) is 25.3 Å². The summed E-state index contributed by atoms with van der Waals surface area (Å²) in [7, 11) is 1.56. The standard InChI is InChI=1S/C22H27N3O2/c1-27-21-11-16(23)7-10-20(21)22(26)24-17-12-18-8-9-19(13-17)25(18)14-15-5-3-2-4-6-15/h2-7,10-11,17-19H,8-9,12-14,23H2,1H3,(H,24,26). The number of benzene rings is 2. The lowest BCUT2D eigenvalue weighted by molar-refractivity contribution is 0.0825. The molecule has 2 fully saturated rings. The number of nitrogen functional groups attached to an aromatic ring is 1. The Morgan fingerprint density at radius 3 is 2.52 bits per heavy atom. The van der Waals surface area contributed by atoms with Gasteiger partial charge in [-0.15, -0.1) is 0 Å². The maximum Gasteiger partial charge on any atom is 0.255 e. The minimum atomic E-state index is -0.0761. The van der Waals surface area contributed by atoms with E-state index >= 15 is 0 Å². The molecule has 2 aromatic carbocycles. The van der Waals surface area contributed by atoms with E-state index in [4.69, 9.17) is 10.5 Å². The zero-order valence-electron chi connectivity index (χ0n) is 15.7. The van der Waals surface area contributed by atoms with Crippen molar-refractivity contribution in [3.8, 4) is 5.75 Å². The summed E-state index contributed by atoms with van der Waals surface area (Å²) >= 11 is 0. The van der Waals surface area contributed by atoms with Crippen LogP contribution in [-0.4, -0.2) is 36.0 Å². The van der Waals surface area contributed by atoms with Crippen LogP contribution in [-0.2, 0) is 6.54 Å². The Morgan fingerprint density at radius 2 is 1.85 bits per heavy atom. The number of fused-ring (bicyclic) bond motifs is 2. The van der Waals surface area contributed by atoms with Gasteiger partial charge in [-0.2, -0.15) is 0 Å². The number of nitrogens with one attached hydrogen (secondary N) is 1. The monoisotopic (exact) mass is 365 g/mol. The molecule has 0 aliphatic carbocycles. The molecule has 2 saturated heterocycles. The fraction of sp³-hybridized carbons (Fsp3) is 0.409. The van der Waals surface area contributed by atoms with Crippen LogP contribution in [0.3, 0.4) is 0 Å². The second kappa shape index (κ2) is 7.61. The quantitative estimate of drug-likeness (QED) is 0.799. The fourth-order valence-corrected chi connectivity index (χ4v) is 4.60. The molecule has 2 aliphatic heterocycles. The van der Waals surface area contributed by atoms with Gasteiger partial charge in [0.05, 0.1) is 12.7 Å². The van der Waals surface area contributed by atoms with Crippen LogP contribution in [0.5, 0.6) is 5.75 Å². The Balaban J connectivity index is 1.41. The molecular formula is C22H27N3O2. The van der Waals surface area contributed by atoms with E-state index in [0.717, 1.165) is 19.4 Å². The highest BCUT2D eigenvalue weighted by atomic mass is 16.5. The van der Waals surface area contributed by atoms with Crippen LogP contribution in [0.4, 0.5) is 5.69 Å². The van der Waals surface area contributed by atoms with Crippen LogP contribution in [0.25, 0.3) is 0 Å². The van der Waals surface area contributed by atoms with Crippen molar-refractivity contribution >= 4 is 11.6 Å². The highest BCUT2D eigenvalue weighted by molar-refractivity contribution is 5.97. The van der Waals surface area contributed by atoms with Crippen LogP contribution in [0.2, 0.25) is 0 Å². The summed E-state index contributed by atoms with van der Waals surface area (Å²) in [6.07, 6.45) is 4.45. The number of anilines is 1. The number of methoxy groups -OCH3 is 1. The lowest BCUT2D eigenvalue weighted by Crippen LogP contribution is -2.50. The molecule has 2 aromatic rings. The van der Waals surface area contributed by atoms with Crippen LogP contribution < -0.4 is 15.8 Å². The first kappa shape index (κ1) is 17.9. The van der Waals surface area contributed by atoms with Crippen LogP contribution in [0.15, 0.2) is 48.5 Å². The maximum absolute atomic E-state index is 12.8. The number of carbonyl (C=O) groups is 1. The normalized spacial score (nSPS) is 24.6. The molecule has 5 heteroatoms. The van der Waals surface area contributed by atoms with Crippen LogP contribution in [0.1, 0.15) is 41.6 Å². The van der Waals surface area contributed by atoms with Crippen molar-refractivity contribution in [2.75, 3.05) is 12.8 Å². The molecule has 1 amide bonds. The Morgan fingerprint density at radius 1 is 1.15 bits per heavy atom. The number of ether oxygens (including phenoxy) is 1. The summed E-state index contributed by atoms with van der Waals surface area (Å²) in [5.41, 5.74) is 8.30. The van der Waals surface area contributed by atoms with Crippen LogP contribution >= 0.6 is 0 Å². The molecule has 142 valence electrons. The first-order valence-electron chi connectivity index (χ1n) is 9.68. The van der Waals surface area contributed by atoms with Crippen LogP contribution in [0, 0.1) is 0 Å². The average molecular weight is 365 g/mol. The van der Waals surface area contributed by atoms with E-state index in [1.165, 1.54) is 18.4 Å². The second-order valence-corrected chi connectivity index (χ2v) is 7.64. The van der Waals surface area contributed by atoms with Crippen molar-refractivity contribution < 1.29 is 9.53 Å². The maximum atomic E-state index is 12.8. The van der Waals surface area contributed by atoms with E-state index in [2.05, 4.69) is 40.5 Å². The molecule has 0 spiro atoms. The van der Waals surface area contributed by atoms with Crippen molar-refractivity contribution in [1.82, 2.24) is 10.2 Å². The summed E-state index contributed by atoms with van der Waals surface area (Å²) in [5.74, 6) is 0.449. The largest absolute Gasteiger partial charge is 0.496 e. The highest BCUT2D eigenvalue weighted by Gasteiger charge is 2.41. The van der Waals surface area contributed by atoms with Gasteiger partial charge in [-0.1, -0.05) is 30.3 Å². The van der Waals surface area contributed by atoms with Gasteiger partial charge in [-0.3, -0.25) is 9.69 Å². The molecule has 0 radical (unpaired) electrons. The average Bonchev–Trinajstić information content (AvgIpc) is 2.90.